The molecule has 3 aliphatic rings. The topological polar surface area (TPSA) is 22.9 Å². The number of benzene rings is 10. The quantitative estimate of drug-likeness (QED) is 0.155. The fraction of sp³-hybridized carbons (Fsp3) is 0.200. The van der Waals surface area contributed by atoms with Crippen molar-refractivity contribution in [3.05, 3.63) is 240 Å². The van der Waals surface area contributed by atoms with E-state index in [0.29, 0.717) is 0 Å². The van der Waals surface area contributed by atoms with Gasteiger partial charge >= 0.3 is 0 Å². The molecule has 0 saturated carbocycles. The van der Waals surface area contributed by atoms with Gasteiger partial charge in [0.05, 0.1) is 5.69 Å². The molecule has 0 saturated heterocycles. The van der Waals surface area contributed by atoms with Crippen molar-refractivity contribution in [3.8, 4) is 22.3 Å². The molecular formula is C75H68BN3O. The van der Waals surface area contributed by atoms with E-state index in [9.17, 15) is 0 Å². The zero-order valence-electron chi connectivity index (χ0n) is 48.0. The van der Waals surface area contributed by atoms with E-state index in [-0.39, 0.29) is 28.4 Å². The normalized spacial score (nSPS) is 14.2. The van der Waals surface area contributed by atoms with Crippen LogP contribution >= 0.6 is 0 Å². The Morgan fingerprint density at radius 1 is 0.400 bits per heavy atom. The minimum absolute atomic E-state index is 0.00902. The average molecular weight is 1040 g/mol. The van der Waals surface area contributed by atoms with E-state index in [1.54, 1.807) is 0 Å². The second kappa shape index (κ2) is 17.7. The second-order valence-corrected chi connectivity index (χ2v) is 26.2. The lowest BCUT2D eigenvalue weighted by molar-refractivity contribution is 0.590. The molecule has 392 valence electrons. The fourth-order valence-corrected chi connectivity index (χ4v) is 13.3. The third kappa shape index (κ3) is 7.79. The molecule has 11 aromatic rings. The summed E-state index contributed by atoms with van der Waals surface area (Å²) >= 11 is 0. The molecule has 0 atom stereocenters. The summed E-state index contributed by atoms with van der Waals surface area (Å²) in [6.45, 7) is 25.5. The van der Waals surface area contributed by atoms with Gasteiger partial charge in [-0.2, -0.15) is 0 Å². The van der Waals surface area contributed by atoms with Crippen LogP contribution in [0, 0.1) is 0 Å². The molecular weight excluding hydrogens is 970 g/mol. The third-order valence-electron chi connectivity index (χ3n) is 17.7. The first-order valence-electron chi connectivity index (χ1n) is 28.6. The van der Waals surface area contributed by atoms with Crippen LogP contribution in [-0.4, -0.2) is 6.71 Å². The molecule has 3 heterocycles. The predicted molar refractivity (Wildman–Crippen MR) is 342 cm³/mol. The van der Waals surface area contributed by atoms with E-state index in [4.69, 9.17) is 4.42 Å². The monoisotopic (exact) mass is 1040 g/mol. The first-order valence-corrected chi connectivity index (χ1v) is 28.6. The van der Waals surface area contributed by atoms with Gasteiger partial charge in [0.15, 0.2) is 5.58 Å². The molecule has 80 heavy (non-hydrogen) atoms. The van der Waals surface area contributed by atoms with Gasteiger partial charge in [0, 0.05) is 61.7 Å². The van der Waals surface area contributed by atoms with E-state index < -0.39 is 0 Å². The molecule has 10 aromatic carbocycles. The van der Waals surface area contributed by atoms with Crippen molar-refractivity contribution in [1.82, 2.24) is 0 Å². The average Bonchev–Trinajstić information content (AvgIpc) is 4.08. The predicted octanol–water partition coefficient (Wildman–Crippen LogP) is 19.0. The molecule has 0 spiro atoms. The highest BCUT2D eigenvalue weighted by Gasteiger charge is 2.46. The molecule has 1 aromatic heterocycles. The molecule has 0 fully saturated rings. The lowest BCUT2D eigenvalue weighted by Gasteiger charge is -2.45. The summed E-state index contributed by atoms with van der Waals surface area (Å²) in [5, 5.41) is 2.21. The van der Waals surface area contributed by atoms with Crippen LogP contribution in [-0.2, 0) is 21.7 Å². The van der Waals surface area contributed by atoms with Crippen LogP contribution in [0.2, 0.25) is 0 Å². The minimum Gasteiger partial charge on any atom is -0.454 e. The summed E-state index contributed by atoms with van der Waals surface area (Å²) in [6, 6.07) is 80.3. The summed E-state index contributed by atoms with van der Waals surface area (Å²) in [5.41, 5.74) is 26.9. The van der Waals surface area contributed by atoms with Gasteiger partial charge in [-0.05, 0) is 162 Å². The standard InChI is InChI=1S/C75H68BN3O/c1-72(2,3)49-29-33-52(34-30-49)77(53-35-31-50(32-36-53)73(4,5)6)55-38-40-62-66(46-55)79(65-26-19-24-59-58-23-16-18-27-69(58)80-71(59)65)68-44-51(74(7,8)9)43-67-70(68)76(62)63-42-48(47-20-13-12-14-21-47)28-41-64(63)78(67)54-37-39-57-56-22-15-17-25-60(56)75(10,11)61(57)45-54/h12-46H,1-11H3. The van der Waals surface area contributed by atoms with E-state index in [1.165, 1.54) is 77.8 Å². The molecule has 0 unspecified atom stereocenters. The molecule has 14 rings (SSSR count). The number of nitrogens with zero attached hydrogens (tertiary/aromatic N) is 3. The lowest BCUT2D eigenvalue weighted by atomic mass is 9.33. The van der Waals surface area contributed by atoms with Gasteiger partial charge in [0.25, 0.3) is 6.71 Å². The lowest BCUT2D eigenvalue weighted by Crippen LogP contribution is -2.61. The van der Waals surface area contributed by atoms with E-state index in [1.807, 2.05) is 0 Å². The zero-order valence-corrected chi connectivity index (χ0v) is 48.0. The molecule has 0 N–H and O–H groups in total. The number of para-hydroxylation sites is 2. The van der Waals surface area contributed by atoms with Crippen molar-refractivity contribution < 1.29 is 4.42 Å². The van der Waals surface area contributed by atoms with Crippen LogP contribution in [0.1, 0.15) is 104 Å². The summed E-state index contributed by atoms with van der Waals surface area (Å²) in [5.74, 6) is 0. The maximum atomic E-state index is 7.09. The molecule has 1 aliphatic carbocycles. The highest BCUT2D eigenvalue weighted by atomic mass is 16.3. The SMILES string of the molecule is CC(C)(C)c1ccc(N(c2ccc(C(C)(C)C)cc2)c2ccc3c(c2)N(c2cccc4c2oc2ccccc24)c2cc(C(C)(C)C)cc4c2B3c2cc(-c3ccccc3)ccc2N4c2ccc3c(c2)C(C)(C)c2ccccc2-3)cc1. The smallest absolute Gasteiger partial charge is 0.252 e. The Balaban J connectivity index is 1.08. The van der Waals surface area contributed by atoms with Crippen molar-refractivity contribution in [2.24, 2.45) is 0 Å². The van der Waals surface area contributed by atoms with E-state index in [2.05, 4.69) is 303 Å². The summed E-state index contributed by atoms with van der Waals surface area (Å²) in [4.78, 5) is 7.60. The van der Waals surface area contributed by atoms with Crippen LogP contribution in [0.25, 0.3) is 44.2 Å². The van der Waals surface area contributed by atoms with Gasteiger partial charge in [-0.1, -0.05) is 210 Å². The Morgan fingerprint density at radius 3 is 1.69 bits per heavy atom. The van der Waals surface area contributed by atoms with Gasteiger partial charge in [-0.25, -0.2) is 0 Å². The van der Waals surface area contributed by atoms with Gasteiger partial charge in [0.1, 0.15) is 5.58 Å². The molecule has 2 aliphatic heterocycles. The van der Waals surface area contributed by atoms with Crippen LogP contribution in [0.4, 0.5) is 51.2 Å². The highest BCUT2D eigenvalue weighted by molar-refractivity contribution is 7.00. The van der Waals surface area contributed by atoms with Gasteiger partial charge in [0.2, 0.25) is 0 Å². The summed E-state index contributed by atoms with van der Waals surface area (Å²) in [7, 11) is 0. The molecule has 4 nitrogen and oxygen atoms in total. The Labute approximate surface area is 473 Å². The van der Waals surface area contributed by atoms with Crippen molar-refractivity contribution in [2.75, 3.05) is 14.7 Å². The van der Waals surface area contributed by atoms with Crippen molar-refractivity contribution in [1.29, 1.82) is 0 Å². The van der Waals surface area contributed by atoms with Crippen LogP contribution in [0.15, 0.2) is 217 Å². The highest BCUT2D eigenvalue weighted by Crippen LogP contribution is 2.53. The van der Waals surface area contributed by atoms with Crippen LogP contribution in [0.5, 0.6) is 0 Å². The maximum Gasteiger partial charge on any atom is 0.252 e. The number of anilines is 9. The summed E-state index contributed by atoms with van der Waals surface area (Å²) in [6.07, 6.45) is 0. The number of hydrogen-bond donors (Lipinski definition) is 0. The number of hydrogen-bond acceptors (Lipinski definition) is 4. The maximum absolute atomic E-state index is 7.09. The Morgan fingerprint density at radius 2 is 1.00 bits per heavy atom. The third-order valence-corrected chi connectivity index (χ3v) is 17.7. The fourth-order valence-electron chi connectivity index (χ4n) is 13.3. The van der Waals surface area contributed by atoms with E-state index >= 15 is 0 Å². The minimum atomic E-state index is -0.208. The van der Waals surface area contributed by atoms with Gasteiger partial charge in [-0.15, -0.1) is 0 Å². The van der Waals surface area contributed by atoms with Gasteiger partial charge < -0.3 is 19.1 Å². The first-order chi connectivity index (χ1) is 38.3. The van der Waals surface area contributed by atoms with Crippen molar-refractivity contribution in [2.45, 2.75) is 97.8 Å². The summed E-state index contributed by atoms with van der Waals surface area (Å²) < 4.78 is 7.09. The largest absolute Gasteiger partial charge is 0.454 e. The second-order valence-electron chi connectivity index (χ2n) is 26.2. The zero-order chi connectivity index (χ0) is 55.2. The Bertz CT molecular complexity index is 4220. The van der Waals surface area contributed by atoms with Crippen LogP contribution in [0.3, 0.4) is 0 Å². The number of fused-ring (bicyclic) bond motifs is 10. The number of furan rings is 1. The van der Waals surface area contributed by atoms with Crippen LogP contribution < -0.4 is 31.1 Å². The Kier molecular flexibility index (Phi) is 11.0. The molecule has 0 amide bonds. The molecule has 0 bridgehead atoms. The van der Waals surface area contributed by atoms with E-state index in [0.717, 1.165) is 61.8 Å². The molecule has 5 heteroatoms. The Hall–Kier alpha value is -8.54. The first kappa shape index (κ1) is 49.7. The molecule has 0 radical (unpaired) electrons. The van der Waals surface area contributed by atoms with Crippen molar-refractivity contribution >= 4 is 96.2 Å². The number of rotatable bonds is 6. The van der Waals surface area contributed by atoms with Crippen molar-refractivity contribution in [3.63, 3.8) is 0 Å². The van der Waals surface area contributed by atoms with Gasteiger partial charge in [-0.3, -0.25) is 0 Å².